The van der Waals surface area contributed by atoms with Crippen LogP contribution < -0.4 is 11.1 Å². The van der Waals surface area contributed by atoms with Gasteiger partial charge >= 0.3 is 0 Å². The number of carbonyl (C=O) groups is 2. The highest BCUT2D eigenvalue weighted by Crippen LogP contribution is 2.21. The molecule has 0 atom stereocenters. The molecule has 1 aromatic heterocycles. The number of nitrogen functional groups attached to an aromatic ring is 1. The number of nitrogens with one attached hydrogen (secondary N) is 1. The molecule has 0 aliphatic rings. The van der Waals surface area contributed by atoms with E-state index in [9.17, 15) is 9.59 Å². The molecule has 3 aromatic rings. The van der Waals surface area contributed by atoms with Crippen molar-refractivity contribution >= 4 is 23.1 Å². The number of para-hydroxylation sites is 2. The second-order valence-electron chi connectivity index (χ2n) is 7.57. The standard InChI is InChI=1S/C25H29N3O3/c26-21-13-8-9-14-22(21)28-24(30)15-7-2-1-6-12-20(29)16-17-25-27-18-23(31-25)19-10-4-3-5-11-19/h3-5,8-11,13-14,18H,1-2,6-7,12,15-17,26H2,(H,28,30). The van der Waals surface area contributed by atoms with Gasteiger partial charge in [-0.1, -0.05) is 55.3 Å². The third-order valence-corrected chi connectivity index (χ3v) is 5.07. The van der Waals surface area contributed by atoms with Crippen molar-refractivity contribution in [2.75, 3.05) is 11.1 Å². The molecule has 0 radical (unpaired) electrons. The van der Waals surface area contributed by atoms with Crippen molar-refractivity contribution in [3.8, 4) is 11.3 Å². The van der Waals surface area contributed by atoms with E-state index in [0.29, 0.717) is 42.9 Å². The molecule has 0 spiro atoms. The number of rotatable bonds is 12. The highest BCUT2D eigenvalue weighted by Gasteiger charge is 2.09. The van der Waals surface area contributed by atoms with Gasteiger partial charge in [-0.3, -0.25) is 9.59 Å². The number of aromatic nitrogens is 1. The van der Waals surface area contributed by atoms with E-state index >= 15 is 0 Å². The van der Waals surface area contributed by atoms with Gasteiger partial charge in [0.25, 0.3) is 0 Å². The van der Waals surface area contributed by atoms with E-state index < -0.39 is 0 Å². The molecule has 3 N–H and O–H groups in total. The fraction of sp³-hybridized carbons (Fsp3) is 0.320. The monoisotopic (exact) mass is 419 g/mol. The van der Waals surface area contributed by atoms with Crippen LogP contribution in [0.3, 0.4) is 0 Å². The molecule has 0 saturated heterocycles. The number of carbonyl (C=O) groups excluding carboxylic acids is 2. The number of aryl methyl sites for hydroxylation is 1. The highest BCUT2D eigenvalue weighted by atomic mass is 16.4. The molecule has 0 aliphatic carbocycles. The fourth-order valence-electron chi connectivity index (χ4n) is 3.32. The van der Waals surface area contributed by atoms with Crippen LogP contribution in [0.5, 0.6) is 0 Å². The van der Waals surface area contributed by atoms with Gasteiger partial charge in [0, 0.05) is 31.2 Å². The van der Waals surface area contributed by atoms with Gasteiger partial charge in [-0.05, 0) is 25.0 Å². The van der Waals surface area contributed by atoms with Crippen molar-refractivity contribution in [2.45, 2.75) is 51.4 Å². The van der Waals surface area contributed by atoms with E-state index in [-0.39, 0.29) is 11.7 Å². The molecule has 162 valence electrons. The number of hydrogen-bond donors (Lipinski definition) is 2. The third kappa shape index (κ3) is 7.41. The maximum atomic E-state index is 12.1. The largest absolute Gasteiger partial charge is 0.441 e. The van der Waals surface area contributed by atoms with Crippen molar-refractivity contribution in [2.24, 2.45) is 0 Å². The van der Waals surface area contributed by atoms with Gasteiger partial charge in [-0.25, -0.2) is 4.98 Å². The number of oxazole rings is 1. The number of amides is 1. The minimum Gasteiger partial charge on any atom is -0.441 e. The first kappa shape index (κ1) is 22.3. The zero-order valence-electron chi connectivity index (χ0n) is 17.7. The lowest BCUT2D eigenvalue weighted by molar-refractivity contribution is -0.119. The summed E-state index contributed by atoms with van der Waals surface area (Å²) in [6, 6.07) is 17.0. The average molecular weight is 420 g/mol. The molecule has 0 fully saturated rings. The van der Waals surface area contributed by atoms with E-state index in [0.717, 1.165) is 37.0 Å². The second kappa shape index (κ2) is 11.7. The number of nitrogens with zero attached hydrogens (tertiary/aromatic N) is 1. The van der Waals surface area contributed by atoms with Gasteiger partial charge in [0.2, 0.25) is 5.91 Å². The molecule has 0 aliphatic heterocycles. The van der Waals surface area contributed by atoms with E-state index in [4.69, 9.17) is 10.2 Å². The van der Waals surface area contributed by atoms with Crippen molar-refractivity contribution in [3.63, 3.8) is 0 Å². The molecule has 0 bridgehead atoms. The van der Waals surface area contributed by atoms with Crippen LogP contribution in [0.2, 0.25) is 0 Å². The van der Waals surface area contributed by atoms with E-state index in [1.807, 2.05) is 42.5 Å². The van der Waals surface area contributed by atoms with Crippen molar-refractivity contribution < 1.29 is 14.0 Å². The number of ketones is 1. The summed E-state index contributed by atoms with van der Waals surface area (Å²) in [4.78, 5) is 28.4. The number of anilines is 2. The van der Waals surface area contributed by atoms with E-state index in [2.05, 4.69) is 10.3 Å². The molecule has 1 amide bonds. The Morgan fingerprint density at radius 1 is 0.871 bits per heavy atom. The Kier molecular flexibility index (Phi) is 8.40. The Balaban J connectivity index is 1.25. The maximum absolute atomic E-state index is 12.1. The second-order valence-corrected chi connectivity index (χ2v) is 7.57. The van der Waals surface area contributed by atoms with Crippen LogP contribution in [0.1, 0.15) is 50.8 Å². The van der Waals surface area contributed by atoms with E-state index in [1.165, 1.54) is 0 Å². The first-order valence-electron chi connectivity index (χ1n) is 10.8. The molecule has 6 heteroatoms. The minimum atomic E-state index is -0.0326. The summed E-state index contributed by atoms with van der Waals surface area (Å²) in [5, 5.41) is 2.83. The van der Waals surface area contributed by atoms with Crippen LogP contribution in [0.25, 0.3) is 11.3 Å². The lowest BCUT2D eigenvalue weighted by Crippen LogP contribution is -2.12. The number of nitrogens with two attached hydrogens (primary N) is 1. The first-order valence-corrected chi connectivity index (χ1v) is 10.8. The predicted octanol–water partition coefficient (Wildman–Crippen LogP) is 5.40. The van der Waals surface area contributed by atoms with Crippen LogP contribution in [0.15, 0.2) is 65.2 Å². The highest BCUT2D eigenvalue weighted by molar-refractivity contribution is 5.93. The maximum Gasteiger partial charge on any atom is 0.224 e. The number of hydrogen-bond acceptors (Lipinski definition) is 5. The minimum absolute atomic E-state index is 0.0326. The Morgan fingerprint density at radius 3 is 2.35 bits per heavy atom. The molecule has 2 aromatic carbocycles. The summed E-state index contributed by atoms with van der Waals surface area (Å²) in [5.41, 5.74) is 8.02. The molecular weight excluding hydrogens is 390 g/mol. The summed E-state index contributed by atoms with van der Waals surface area (Å²) in [6.45, 7) is 0. The quantitative estimate of drug-likeness (QED) is 0.302. The van der Waals surface area contributed by atoms with Gasteiger partial charge in [0.1, 0.15) is 5.78 Å². The smallest absolute Gasteiger partial charge is 0.224 e. The lowest BCUT2D eigenvalue weighted by Gasteiger charge is -2.07. The summed E-state index contributed by atoms with van der Waals surface area (Å²) < 4.78 is 5.74. The van der Waals surface area contributed by atoms with Crippen molar-refractivity contribution in [1.29, 1.82) is 0 Å². The third-order valence-electron chi connectivity index (χ3n) is 5.07. The average Bonchev–Trinajstić information content (AvgIpc) is 3.26. The number of unbranched alkanes of at least 4 members (excludes halogenated alkanes) is 3. The summed E-state index contributed by atoms with van der Waals surface area (Å²) in [7, 11) is 0. The summed E-state index contributed by atoms with van der Waals surface area (Å²) >= 11 is 0. The van der Waals surface area contributed by atoms with Crippen LogP contribution in [0.4, 0.5) is 11.4 Å². The normalized spacial score (nSPS) is 10.7. The van der Waals surface area contributed by atoms with Gasteiger partial charge in [-0.15, -0.1) is 0 Å². The van der Waals surface area contributed by atoms with Crippen molar-refractivity contribution in [3.05, 3.63) is 66.7 Å². The molecule has 31 heavy (non-hydrogen) atoms. The SMILES string of the molecule is Nc1ccccc1NC(=O)CCCCCCC(=O)CCc1ncc(-c2ccccc2)o1. The molecule has 0 saturated carbocycles. The summed E-state index contributed by atoms with van der Waals surface area (Å²) in [6.07, 6.45) is 7.17. The van der Waals surface area contributed by atoms with Crippen LogP contribution in [0, 0.1) is 0 Å². The molecular formula is C25H29N3O3. The Bertz CT molecular complexity index is 982. The molecule has 3 rings (SSSR count). The number of Topliss-reactive ketones (excluding diaryl/α,β-unsaturated/α-hetero) is 1. The lowest BCUT2D eigenvalue weighted by atomic mass is 10.1. The van der Waals surface area contributed by atoms with Crippen molar-refractivity contribution in [1.82, 2.24) is 4.98 Å². The Labute approximate surface area is 182 Å². The van der Waals surface area contributed by atoms with Gasteiger partial charge < -0.3 is 15.5 Å². The van der Waals surface area contributed by atoms with E-state index in [1.54, 1.807) is 18.3 Å². The predicted molar refractivity (Wildman–Crippen MR) is 122 cm³/mol. The van der Waals surface area contributed by atoms with Gasteiger partial charge in [-0.2, -0.15) is 0 Å². The van der Waals surface area contributed by atoms with Crippen LogP contribution >= 0.6 is 0 Å². The molecule has 6 nitrogen and oxygen atoms in total. The zero-order valence-corrected chi connectivity index (χ0v) is 17.7. The molecule has 1 heterocycles. The van der Waals surface area contributed by atoms with Crippen LogP contribution in [-0.4, -0.2) is 16.7 Å². The first-order chi connectivity index (χ1) is 15.1. The van der Waals surface area contributed by atoms with Gasteiger partial charge in [0.05, 0.1) is 17.6 Å². The fourth-order valence-corrected chi connectivity index (χ4v) is 3.32. The topological polar surface area (TPSA) is 98.2 Å². The Morgan fingerprint density at radius 2 is 1.58 bits per heavy atom. The van der Waals surface area contributed by atoms with Gasteiger partial charge in [0.15, 0.2) is 11.7 Å². The van der Waals surface area contributed by atoms with Crippen LogP contribution in [-0.2, 0) is 16.0 Å². The zero-order chi connectivity index (χ0) is 21.9. The molecule has 0 unspecified atom stereocenters. The summed E-state index contributed by atoms with van der Waals surface area (Å²) in [5.74, 6) is 1.51. The Hall–Kier alpha value is -3.41. The number of benzene rings is 2.